The number of rotatable bonds is 5. The van der Waals surface area contributed by atoms with Gasteiger partial charge in [-0.3, -0.25) is 4.79 Å². The van der Waals surface area contributed by atoms with Gasteiger partial charge in [-0.25, -0.2) is 0 Å². The molecule has 0 aliphatic rings. The normalized spacial score (nSPS) is 14.6. The third-order valence-electron chi connectivity index (χ3n) is 3.02. The first-order valence-electron chi connectivity index (χ1n) is 4.55. The molecule has 0 aliphatic heterocycles. The SMILES string of the molecule is COCC(C(=O)O)C(C)(C)C(C)C. The van der Waals surface area contributed by atoms with Gasteiger partial charge < -0.3 is 9.84 Å². The van der Waals surface area contributed by atoms with Crippen LogP contribution in [0.4, 0.5) is 0 Å². The fourth-order valence-electron chi connectivity index (χ4n) is 1.17. The van der Waals surface area contributed by atoms with Crippen LogP contribution in [0.1, 0.15) is 27.7 Å². The highest BCUT2D eigenvalue weighted by atomic mass is 16.5. The largest absolute Gasteiger partial charge is 0.481 e. The van der Waals surface area contributed by atoms with E-state index in [0.717, 1.165) is 0 Å². The van der Waals surface area contributed by atoms with E-state index in [2.05, 4.69) is 0 Å². The van der Waals surface area contributed by atoms with Gasteiger partial charge in [-0.05, 0) is 11.3 Å². The maximum absolute atomic E-state index is 11.0. The molecule has 0 aliphatic carbocycles. The molecule has 0 aromatic heterocycles. The topological polar surface area (TPSA) is 46.5 Å². The van der Waals surface area contributed by atoms with E-state index < -0.39 is 11.9 Å². The van der Waals surface area contributed by atoms with Crippen molar-refractivity contribution in [2.45, 2.75) is 27.7 Å². The Hall–Kier alpha value is -0.570. The molecule has 0 aromatic rings. The van der Waals surface area contributed by atoms with Crippen LogP contribution < -0.4 is 0 Å². The molecule has 13 heavy (non-hydrogen) atoms. The summed E-state index contributed by atoms with van der Waals surface area (Å²) >= 11 is 0. The fraction of sp³-hybridized carbons (Fsp3) is 0.900. The molecule has 0 rings (SSSR count). The Morgan fingerprint density at radius 2 is 1.92 bits per heavy atom. The van der Waals surface area contributed by atoms with E-state index in [1.165, 1.54) is 7.11 Å². The molecule has 3 nitrogen and oxygen atoms in total. The summed E-state index contributed by atoms with van der Waals surface area (Å²) in [7, 11) is 1.53. The summed E-state index contributed by atoms with van der Waals surface area (Å²) in [6, 6.07) is 0. The van der Waals surface area contributed by atoms with Gasteiger partial charge in [0.05, 0.1) is 12.5 Å². The van der Waals surface area contributed by atoms with Crippen LogP contribution in [0.25, 0.3) is 0 Å². The number of ether oxygens (including phenoxy) is 1. The highest BCUT2D eigenvalue weighted by Gasteiger charge is 2.37. The van der Waals surface area contributed by atoms with Crippen LogP contribution in [-0.2, 0) is 9.53 Å². The number of carboxylic acids is 1. The lowest BCUT2D eigenvalue weighted by Gasteiger charge is -2.34. The minimum atomic E-state index is -0.777. The minimum absolute atomic E-state index is 0.234. The standard InChI is InChI=1S/C10H20O3/c1-7(2)10(3,4)8(6-13-5)9(11)12/h7-8H,6H2,1-5H3,(H,11,12). The van der Waals surface area contributed by atoms with E-state index in [4.69, 9.17) is 9.84 Å². The zero-order chi connectivity index (χ0) is 10.6. The first-order chi connectivity index (χ1) is 5.84. The molecular weight excluding hydrogens is 168 g/mol. The van der Waals surface area contributed by atoms with Crippen LogP contribution in [-0.4, -0.2) is 24.8 Å². The zero-order valence-corrected chi connectivity index (χ0v) is 9.13. The third-order valence-corrected chi connectivity index (χ3v) is 3.02. The number of hydrogen-bond acceptors (Lipinski definition) is 2. The Kier molecular flexibility index (Phi) is 4.40. The predicted octanol–water partition coefficient (Wildman–Crippen LogP) is 2.02. The van der Waals surface area contributed by atoms with Crippen molar-refractivity contribution in [2.75, 3.05) is 13.7 Å². The van der Waals surface area contributed by atoms with Crippen molar-refractivity contribution in [3.05, 3.63) is 0 Å². The number of carbonyl (C=O) groups is 1. The monoisotopic (exact) mass is 188 g/mol. The van der Waals surface area contributed by atoms with Crippen molar-refractivity contribution in [3.8, 4) is 0 Å². The molecule has 0 fully saturated rings. The summed E-state index contributed by atoms with van der Waals surface area (Å²) in [4.78, 5) is 11.0. The molecule has 1 N–H and O–H groups in total. The lowest BCUT2D eigenvalue weighted by Crippen LogP contribution is -2.38. The summed E-state index contributed by atoms with van der Waals surface area (Å²) in [5.41, 5.74) is -0.234. The summed E-state index contributed by atoms with van der Waals surface area (Å²) in [5.74, 6) is -0.887. The molecular formula is C10H20O3. The highest BCUT2D eigenvalue weighted by Crippen LogP contribution is 2.35. The summed E-state index contributed by atoms with van der Waals surface area (Å²) in [5, 5.41) is 9.01. The first kappa shape index (κ1) is 12.4. The fourth-order valence-corrected chi connectivity index (χ4v) is 1.17. The van der Waals surface area contributed by atoms with Crippen molar-refractivity contribution >= 4 is 5.97 Å². The van der Waals surface area contributed by atoms with Crippen LogP contribution in [0, 0.1) is 17.3 Å². The van der Waals surface area contributed by atoms with Gasteiger partial charge in [0.25, 0.3) is 0 Å². The van der Waals surface area contributed by atoms with E-state index in [-0.39, 0.29) is 12.0 Å². The Balaban J connectivity index is 4.61. The lowest BCUT2D eigenvalue weighted by molar-refractivity contribution is -0.150. The third kappa shape index (κ3) is 2.99. The smallest absolute Gasteiger partial charge is 0.309 e. The molecule has 1 atom stereocenters. The van der Waals surface area contributed by atoms with E-state index in [0.29, 0.717) is 5.92 Å². The van der Waals surface area contributed by atoms with E-state index in [1.54, 1.807) is 0 Å². The van der Waals surface area contributed by atoms with Crippen LogP contribution in [0.15, 0.2) is 0 Å². The highest BCUT2D eigenvalue weighted by molar-refractivity contribution is 5.71. The van der Waals surface area contributed by atoms with Crippen LogP contribution in [0.5, 0.6) is 0 Å². The molecule has 78 valence electrons. The molecule has 0 heterocycles. The molecule has 1 unspecified atom stereocenters. The van der Waals surface area contributed by atoms with Gasteiger partial charge in [-0.1, -0.05) is 27.7 Å². The van der Waals surface area contributed by atoms with Crippen molar-refractivity contribution in [3.63, 3.8) is 0 Å². The zero-order valence-electron chi connectivity index (χ0n) is 9.13. The van der Waals surface area contributed by atoms with Crippen molar-refractivity contribution in [1.29, 1.82) is 0 Å². The van der Waals surface area contributed by atoms with Gasteiger partial charge in [-0.2, -0.15) is 0 Å². The Bertz CT molecular complexity index is 173. The van der Waals surface area contributed by atoms with Crippen molar-refractivity contribution in [2.24, 2.45) is 17.3 Å². The summed E-state index contributed by atoms with van der Waals surface area (Å²) in [6.07, 6.45) is 0. The first-order valence-corrected chi connectivity index (χ1v) is 4.55. The number of aliphatic carboxylic acids is 1. The molecule has 0 bridgehead atoms. The van der Waals surface area contributed by atoms with E-state index >= 15 is 0 Å². The molecule has 0 saturated carbocycles. The second-order valence-electron chi connectivity index (χ2n) is 4.32. The Morgan fingerprint density at radius 1 is 1.46 bits per heavy atom. The van der Waals surface area contributed by atoms with Crippen LogP contribution in [0.3, 0.4) is 0 Å². The molecule has 0 amide bonds. The minimum Gasteiger partial charge on any atom is -0.481 e. The van der Waals surface area contributed by atoms with E-state index in [1.807, 2.05) is 27.7 Å². The maximum Gasteiger partial charge on any atom is 0.309 e. The van der Waals surface area contributed by atoms with Gasteiger partial charge in [0.2, 0.25) is 0 Å². The average molecular weight is 188 g/mol. The quantitative estimate of drug-likeness (QED) is 0.718. The van der Waals surface area contributed by atoms with Gasteiger partial charge in [0.15, 0.2) is 0 Å². The van der Waals surface area contributed by atoms with Gasteiger partial charge in [-0.15, -0.1) is 0 Å². The van der Waals surface area contributed by atoms with Crippen LogP contribution in [0.2, 0.25) is 0 Å². The number of carboxylic acid groups (broad SMARTS) is 1. The predicted molar refractivity (Wildman–Crippen MR) is 51.6 cm³/mol. The van der Waals surface area contributed by atoms with Crippen molar-refractivity contribution in [1.82, 2.24) is 0 Å². The van der Waals surface area contributed by atoms with Gasteiger partial charge in [0.1, 0.15) is 0 Å². The summed E-state index contributed by atoms with van der Waals surface area (Å²) in [6.45, 7) is 8.28. The lowest BCUT2D eigenvalue weighted by atomic mass is 9.71. The molecule has 0 saturated heterocycles. The molecule has 3 heteroatoms. The number of hydrogen-bond donors (Lipinski definition) is 1. The number of methoxy groups -OCH3 is 1. The maximum atomic E-state index is 11.0. The molecule has 0 radical (unpaired) electrons. The Labute approximate surface area is 80.1 Å². The van der Waals surface area contributed by atoms with Gasteiger partial charge in [0, 0.05) is 7.11 Å². The Morgan fingerprint density at radius 3 is 2.15 bits per heavy atom. The van der Waals surface area contributed by atoms with E-state index in [9.17, 15) is 4.79 Å². The average Bonchev–Trinajstić information content (AvgIpc) is 1.98. The summed E-state index contributed by atoms with van der Waals surface area (Å²) < 4.78 is 4.92. The van der Waals surface area contributed by atoms with Crippen LogP contribution >= 0.6 is 0 Å². The second kappa shape index (κ2) is 4.61. The second-order valence-corrected chi connectivity index (χ2v) is 4.32. The molecule has 0 spiro atoms. The van der Waals surface area contributed by atoms with Gasteiger partial charge >= 0.3 is 5.97 Å². The molecule has 0 aromatic carbocycles. The van der Waals surface area contributed by atoms with Crippen molar-refractivity contribution < 1.29 is 14.6 Å².